The number of aromatic nitrogens is 3. The van der Waals surface area contributed by atoms with E-state index in [-0.39, 0.29) is 5.97 Å². The van der Waals surface area contributed by atoms with Crippen LogP contribution >= 0.6 is 11.6 Å². The standard InChI is InChI=1S/C26H20ClN3O3/c1-33-26(32)18-5-6-20-16(11-18)3-2-4-22(21-7-9-28-13-23(21)27)25(20)17-8-10-30-14-19(15-31)29-24(30)12-17/h5-15H,2-4H2,1H3. The Balaban J connectivity index is 1.79. The monoisotopic (exact) mass is 457 g/mol. The number of fused-ring (bicyclic) bond motifs is 2. The Kier molecular flexibility index (Phi) is 5.52. The smallest absolute Gasteiger partial charge is 0.337 e. The minimum atomic E-state index is -0.356. The Hall–Kier alpha value is -3.77. The number of ether oxygens (including phenoxy) is 1. The van der Waals surface area contributed by atoms with Crippen LogP contribution in [0.4, 0.5) is 0 Å². The van der Waals surface area contributed by atoms with Gasteiger partial charge in [-0.25, -0.2) is 9.78 Å². The first-order chi connectivity index (χ1) is 16.1. The molecule has 164 valence electrons. The van der Waals surface area contributed by atoms with Gasteiger partial charge in [-0.15, -0.1) is 0 Å². The highest BCUT2D eigenvalue weighted by molar-refractivity contribution is 6.32. The lowest BCUT2D eigenvalue weighted by Crippen LogP contribution is -2.04. The molecule has 0 atom stereocenters. The molecule has 0 bridgehead atoms. The maximum absolute atomic E-state index is 12.1. The normalized spacial score (nSPS) is 13.5. The summed E-state index contributed by atoms with van der Waals surface area (Å²) < 4.78 is 6.75. The summed E-state index contributed by atoms with van der Waals surface area (Å²) in [7, 11) is 1.39. The first-order valence-corrected chi connectivity index (χ1v) is 11.0. The molecule has 3 aromatic heterocycles. The summed E-state index contributed by atoms with van der Waals surface area (Å²) in [6.07, 6.45) is 10.3. The number of methoxy groups -OCH3 is 1. The third-order valence-corrected chi connectivity index (χ3v) is 6.26. The molecule has 1 aliphatic carbocycles. The summed E-state index contributed by atoms with van der Waals surface area (Å²) in [6.45, 7) is 0. The highest BCUT2D eigenvalue weighted by Crippen LogP contribution is 2.41. The minimum Gasteiger partial charge on any atom is -0.465 e. The van der Waals surface area contributed by atoms with Gasteiger partial charge in [0, 0.05) is 24.8 Å². The van der Waals surface area contributed by atoms with Crippen molar-refractivity contribution in [2.75, 3.05) is 7.11 Å². The van der Waals surface area contributed by atoms with Crippen LogP contribution in [0.3, 0.4) is 0 Å². The number of carbonyl (C=O) groups is 2. The second-order valence-electron chi connectivity index (χ2n) is 7.89. The number of carbonyl (C=O) groups excluding carboxylic acids is 2. The van der Waals surface area contributed by atoms with E-state index in [1.54, 1.807) is 24.7 Å². The van der Waals surface area contributed by atoms with Crippen LogP contribution < -0.4 is 0 Å². The predicted octanol–water partition coefficient (Wildman–Crippen LogP) is 5.28. The molecule has 0 saturated carbocycles. The van der Waals surface area contributed by atoms with E-state index in [1.165, 1.54) is 7.11 Å². The van der Waals surface area contributed by atoms with Crippen molar-refractivity contribution in [2.24, 2.45) is 0 Å². The molecule has 0 N–H and O–H groups in total. The van der Waals surface area contributed by atoms with Crippen molar-refractivity contribution in [3.05, 3.63) is 99.7 Å². The molecule has 1 aliphatic rings. The fraction of sp³-hybridized carbons (Fsp3) is 0.154. The molecule has 1 aromatic carbocycles. The van der Waals surface area contributed by atoms with Crippen LogP contribution in [-0.2, 0) is 11.2 Å². The van der Waals surface area contributed by atoms with Crippen molar-refractivity contribution in [1.29, 1.82) is 0 Å². The molecule has 5 rings (SSSR count). The largest absolute Gasteiger partial charge is 0.465 e. The van der Waals surface area contributed by atoms with E-state index in [4.69, 9.17) is 16.3 Å². The van der Waals surface area contributed by atoms with Gasteiger partial charge in [-0.05, 0) is 83.0 Å². The van der Waals surface area contributed by atoms with E-state index >= 15 is 0 Å². The first kappa shape index (κ1) is 21.1. The lowest BCUT2D eigenvalue weighted by Gasteiger charge is -2.18. The number of hydrogen-bond donors (Lipinski definition) is 0. The third kappa shape index (κ3) is 3.83. The van der Waals surface area contributed by atoms with E-state index in [0.29, 0.717) is 21.9 Å². The fourth-order valence-electron chi connectivity index (χ4n) is 4.47. The summed E-state index contributed by atoms with van der Waals surface area (Å²) in [5, 5.41) is 0.588. The minimum absolute atomic E-state index is 0.356. The molecule has 0 spiro atoms. The maximum Gasteiger partial charge on any atom is 0.337 e. The zero-order valence-corrected chi connectivity index (χ0v) is 18.7. The van der Waals surface area contributed by atoms with Gasteiger partial charge in [-0.2, -0.15) is 0 Å². The molecule has 4 aromatic rings. The number of imidazole rings is 1. The van der Waals surface area contributed by atoms with Crippen molar-refractivity contribution >= 4 is 40.6 Å². The maximum atomic E-state index is 12.1. The number of benzene rings is 1. The molecule has 3 heterocycles. The number of hydrogen-bond acceptors (Lipinski definition) is 5. The molecule has 7 heteroatoms. The van der Waals surface area contributed by atoms with Gasteiger partial charge in [0.25, 0.3) is 0 Å². The Morgan fingerprint density at radius 3 is 2.82 bits per heavy atom. The SMILES string of the molecule is COC(=O)c1ccc2c(c1)CCCC(c1ccncc1Cl)=C2c1ccn2cc(C=O)nc2c1. The highest BCUT2D eigenvalue weighted by Gasteiger charge is 2.23. The van der Waals surface area contributed by atoms with Gasteiger partial charge in [0.05, 0.1) is 17.7 Å². The summed E-state index contributed by atoms with van der Waals surface area (Å²) in [4.78, 5) is 31.9. The summed E-state index contributed by atoms with van der Waals surface area (Å²) >= 11 is 6.58. The van der Waals surface area contributed by atoms with Crippen LogP contribution in [0.15, 0.2) is 61.2 Å². The van der Waals surface area contributed by atoms with Gasteiger partial charge in [0.2, 0.25) is 0 Å². The van der Waals surface area contributed by atoms with Crippen LogP contribution in [0.25, 0.3) is 16.8 Å². The van der Waals surface area contributed by atoms with Gasteiger partial charge >= 0.3 is 5.97 Å². The molecule has 0 unspecified atom stereocenters. The highest BCUT2D eigenvalue weighted by atomic mass is 35.5. The zero-order chi connectivity index (χ0) is 22.9. The van der Waals surface area contributed by atoms with Gasteiger partial charge < -0.3 is 9.14 Å². The van der Waals surface area contributed by atoms with Crippen LogP contribution in [0.1, 0.15) is 55.9 Å². The van der Waals surface area contributed by atoms with Crippen LogP contribution in [0, 0.1) is 0 Å². The average molecular weight is 458 g/mol. The van der Waals surface area contributed by atoms with Gasteiger partial charge in [-0.3, -0.25) is 9.78 Å². The van der Waals surface area contributed by atoms with Crippen molar-refractivity contribution in [1.82, 2.24) is 14.4 Å². The van der Waals surface area contributed by atoms with Crippen LogP contribution in [0.5, 0.6) is 0 Å². The summed E-state index contributed by atoms with van der Waals surface area (Å²) in [5.41, 5.74) is 7.73. The van der Waals surface area contributed by atoms with Crippen LogP contribution in [0.2, 0.25) is 5.02 Å². The number of esters is 1. The van der Waals surface area contributed by atoms with Crippen molar-refractivity contribution in [3.8, 4) is 0 Å². The molecular formula is C26H20ClN3O3. The third-order valence-electron chi connectivity index (χ3n) is 5.96. The first-order valence-electron chi connectivity index (χ1n) is 10.6. The Morgan fingerprint density at radius 2 is 2.03 bits per heavy atom. The number of pyridine rings is 2. The number of halogens is 1. The number of nitrogens with zero attached hydrogens (tertiary/aromatic N) is 3. The Morgan fingerprint density at radius 1 is 1.15 bits per heavy atom. The molecule has 6 nitrogen and oxygen atoms in total. The van der Waals surface area contributed by atoms with Crippen molar-refractivity contribution < 1.29 is 14.3 Å². The Labute approximate surface area is 195 Å². The zero-order valence-electron chi connectivity index (χ0n) is 17.9. The van der Waals surface area contributed by atoms with Gasteiger partial charge in [0.15, 0.2) is 6.29 Å². The van der Waals surface area contributed by atoms with Crippen molar-refractivity contribution in [3.63, 3.8) is 0 Å². The molecule has 0 radical (unpaired) electrons. The number of aldehydes is 1. The second-order valence-corrected chi connectivity index (χ2v) is 8.30. The summed E-state index contributed by atoms with van der Waals surface area (Å²) in [6, 6.07) is 11.6. The molecule has 0 saturated heterocycles. The molecule has 0 fully saturated rings. The van der Waals surface area contributed by atoms with Crippen LogP contribution in [-0.4, -0.2) is 33.7 Å². The van der Waals surface area contributed by atoms with E-state index < -0.39 is 0 Å². The van der Waals surface area contributed by atoms with Gasteiger partial charge in [0.1, 0.15) is 11.3 Å². The molecular weight excluding hydrogens is 438 g/mol. The quantitative estimate of drug-likeness (QED) is 0.308. The molecule has 0 aliphatic heterocycles. The van der Waals surface area contributed by atoms with E-state index in [2.05, 4.69) is 9.97 Å². The van der Waals surface area contributed by atoms with Crippen molar-refractivity contribution in [2.45, 2.75) is 19.3 Å². The van der Waals surface area contributed by atoms with E-state index in [1.807, 2.05) is 40.9 Å². The average Bonchev–Trinajstić information content (AvgIpc) is 3.17. The topological polar surface area (TPSA) is 73.6 Å². The summed E-state index contributed by atoms with van der Waals surface area (Å²) in [5.74, 6) is -0.356. The number of allylic oxidation sites excluding steroid dienone is 1. The lowest BCUT2D eigenvalue weighted by molar-refractivity contribution is 0.0600. The lowest BCUT2D eigenvalue weighted by atomic mass is 9.88. The number of rotatable bonds is 4. The molecule has 0 amide bonds. The fourth-order valence-corrected chi connectivity index (χ4v) is 4.70. The predicted molar refractivity (Wildman–Crippen MR) is 126 cm³/mol. The van der Waals surface area contributed by atoms with E-state index in [0.717, 1.165) is 58.9 Å². The Bertz CT molecular complexity index is 1440. The number of aryl methyl sites for hydroxylation is 1. The second kappa shape index (κ2) is 8.64. The molecule has 33 heavy (non-hydrogen) atoms. The van der Waals surface area contributed by atoms with E-state index in [9.17, 15) is 9.59 Å². The van der Waals surface area contributed by atoms with Gasteiger partial charge in [-0.1, -0.05) is 17.7 Å².